The highest BCUT2D eigenvalue weighted by atomic mass is 16.5. The van der Waals surface area contributed by atoms with E-state index in [0.29, 0.717) is 30.7 Å². The van der Waals surface area contributed by atoms with Crippen molar-refractivity contribution in [1.29, 1.82) is 0 Å². The smallest absolute Gasteiger partial charge is 0.326 e. The van der Waals surface area contributed by atoms with Crippen LogP contribution in [0.5, 0.6) is 0 Å². The summed E-state index contributed by atoms with van der Waals surface area (Å²) in [5.74, 6) is 0.615. The number of amides is 2. The second-order valence-electron chi connectivity index (χ2n) is 6.89. The number of aromatic nitrogens is 2. The zero-order valence-electron chi connectivity index (χ0n) is 15.3. The Hall–Kier alpha value is -2.90. The van der Waals surface area contributed by atoms with Crippen LogP contribution in [-0.2, 0) is 17.6 Å². The number of carboxylic acid groups (broad SMARTS) is 1. The van der Waals surface area contributed by atoms with E-state index in [1.165, 1.54) is 0 Å². The topological polar surface area (TPSA) is 109 Å². The Morgan fingerprint density at radius 3 is 2.59 bits per heavy atom. The van der Waals surface area contributed by atoms with Crippen molar-refractivity contribution in [3.63, 3.8) is 0 Å². The third-order valence-corrected chi connectivity index (χ3v) is 4.82. The number of nitrogens with one attached hydrogen (secondary N) is 1. The predicted molar refractivity (Wildman–Crippen MR) is 97.1 cm³/mol. The number of carbonyl (C=O) groups is 2. The lowest BCUT2D eigenvalue weighted by atomic mass is 9.93. The molecule has 0 radical (unpaired) electrons. The summed E-state index contributed by atoms with van der Waals surface area (Å²) >= 11 is 0. The molecule has 1 aromatic heterocycles. The van der Waals surface area contributed by atoms with E-state index in [1.54, 1.807) is 11.8 Å². The Bertz CT molecular complexity index is 769. The van der Waals surface area contributed by atoms with Crippen LogP contribution in [-0.4, -0.2) is 51.3 Å². The van der Waals surface area contributed by atoms with Crippen molar-refractivity contribution in [1.82, 2.24) is 20.4 Å². The van der Waals surface area contributed by atoms with Crippen LogP contribution in [0.15, 0.2) is 34.9 Å². The standard InChI is InChI=1S/C19H24N4O4/c1-13-20-17(22-27-13)12-15-7-9-23(10-8-15)19(26)21-16(18(24)25)11-14-5-3-2-4-6-14/h2-6,15-16H,7-12H2,1H3,(H,21,26)(H,24,25)/t16-/m0/s1. The molecule has 2 heterocycles. The molecule has 1 atom stereocenters. The number of carboxylic acids is 1. The molecule has 1 aliphatic heterocycles. The van der Waals surface area contributed by atoms with E-state index in [1.807, 2.05) is 30.3 Å². The summed E-state index contributed by atoms with van der Waals surface area (Å²) in [6, 6.07) is 8.02. The lowest BCUT2D eigenvalue weighted by Crippen LogP contribution is -2.51. The summed E-state index contributed by atoms with van der Waals surface area (Å²) in [7, 11) is 0. The van der Waals surface area contributed by atoms with E-state index >= 15 is 0 Å². The van der Waals surface area contributed by atoms with Crippen molar-refractivity contribution in [2.45, 2.75) is 38.6 Å². The second-order valence-corrected chi connectivity index (χ2v) is 6.89. The van der Waals surface area contributed by atoms with Gasteiger partial charge in [-0.2, -0.15) is 4.98 Å². The fourth-order valence-corrected chi connectivity index (χ4v) is 3.31. The Kier molecular flexibility index (Phi) is 6.05. The van der Waals surface area contributed by atoms with Crippen LogP contribution in [0.25, 0.3) is 0 Å². The fraction of sp³-hybridized carbons (Fsp3) is 0.474. The number of hydrogen-bond acceptors (Lipinski definition) is 5. The van der Waals surface area contributed by atoms with Crippen molar-refractivity contribution in [3.05, 3.63) is 47.6 Å². The van der Waals surface area contributed by atoms with Gasteiger partial charge in [0.25, 0.3) is 0 Å². The van der Waals surface area contributed by atoms with E-state index in [4.69, 9.17) is 4.52 Å². The fourth-order valence-electron chi connectivity index (χ4n) is 3.31. The summed E-state index contributed by atoms with van der Waals surface area (Å²) in [6.45, 7) is 2.94. The van der Waals surface area contributed by atoms with Crippen molar-refractivity contribution in [3.8, 4) is 0 Å². The average Bonchev–Trinajstić information content (AvgIpc) is 3.07. The molecule has 27 heavy (non-hydrogen) atoms. The highest BCUT2D eigenvalue weighted by molar-refractivity contribution is 5.82. The molecule has 144 valence electrons. The Morgan fingerprint density at radius 1 is 1.30 bits per heavy atom. The number of piperidine rings is 1. The molecule has 8 nitrogen and oxygen atoms in total. The van der Waals surface area contributed by atoms with Gasteiger partial charge in [0.2, 0.25) is 5.89 Å². The number of urea groups is 1. The van der Waals surface area contributed by atoms with Gasteiger partial charge in [0.1, 0.15) is 6.04 Å². The molecule has 2 aromatic rings. The summed E-state index contributed by atoms with van der Waals surface area (Å²) in [5.41, 5.74) is 0.874. The number of likely N-dealkylation sites (tertiary alicyclic amines) is 1. The van der Waals surface area contributed by atoms with Gasteiger partial charge in [-0.15, -0.1) is 0 Å². The highest BCUT2D eigenvalue weighted by Gasteiger charge is 2.27. The van der Waals surface area contributed by atoms with Gasteiger partial charge in [0, 0.05) is 32.9 Å². The minimum Gasteiger partial charge on any atom is -0.480 e. The van der Waals surface area contributed by atoms with Crippen molar-refractivity contribution in [2.75, 3.05) is 13.1 Å². The van der Waals surface area contributed by atoms with Crippen molar-refractivity contribution < 1.29 is 19.2 Å². The van der Waals surface area contributed by atoms with Crippen LogP contribution in [0.2, 0.25) is 0 Å². The summed E-state index contributed by atoms with van der Waals surface area (Å²) in [5, 5.41) is 16.0. The molecule has 2 N–H and O–H groups in total. The maximum Gasteiger partial charge on any atom is 0.326 e. The Labute approximate surface area is 157 Å². The molecule has 8 heteroatoms. The minimum atomic E-state index is -1.03. The second kappa shape index (κ2) is 8.66. The van der Waals surface area contributed by atoms with Crippen LogP contribution in [0.3, 0.4) is 0 Å². The Balaban J connectivity index is 1.49. The number of aliphatic carboxylic acids is 1. The molecule has 1 aliphatic rings. The normalized spacial score (nSPS) is 16.1. The number of aryl methyl sites for hydroxylation is 1. The van der Waals surface area contributed by atoms with Crippen LogP contribution in [0, 0.1) is 12.8 Å². The van der Waals surface area contributed by atoms with Gasteiger partial charge in [-0.05, 0) is 24.3 Å². The number of nitrogens with zero attached hydrogens (tertiary/aromatic N) is 3. The van der Waals surface area contributed by atoms with E-state index < -0.39 is 12.0 Å². The molecule has 3 rings (SSSR count). The quantitative estimate of drug-likeness (QED) is 0.803. The van der Waals surface area contributed by atoms with Crippen LogP contribution in [0.4, 0.5) is 4.79 Å². The van der Waals surface area contributed by atoms with Crippen LogP contribution >= 0.6 is 0 Å². The highest BCUT2D eigenvalue weighted by Crippen LogP contribution is 2.20. The molecule has 0 bridgehead atoms. The first kappa shape index (κ1) is 18.9. The van der Waals surface area contributed by atoms with Gasteiger partial charge >= 0.3 is 12.0 Å². The predicted octanol–water partition coefficient (Wildman–Crippen LogP) is 2.04. The van der Waals surface area contributed by atoms with Gasteiger partial charge in [0.15, 0.2) is 5.82 Å². The van der Waals surface area contributed by atoms with Gasteiger partial charge in [-0.3, -0.25) is 0 Å². The van der Waals surface area contributed by atoms with E-state index in [-0.39, 0.29) is 12.5 Å². The van der Waals surface area contributed by atoms with E-state index in [9.17, 15) is 14.7 Å². The molecule has 0 spiro atoms. The maximum absolute atomic E-state index is 12.5. The Morgan fingerprint density at radius 2 is 2.00 bits per heavy atom. The lowest BCUT2D eigenvalue weighted by molar-refractivity contribution is -0.139. The van der Waals surface area contributed by atoms with Crippen molar-refractivity contribution in [2.24, 2.45) is 5.92 Å². The van der Waals surface area contributed by atoms with E-state index in [2.05, 4.69) is 15.5 Å². The number of hydrogen-bond donors (Lipinski definition) is 2. The summed E-state index contributed by atoms with van der Waals surface area (Å²) in [4.78, 5) is 29.9. The number of rotatable bonds is 6. The number of carbonyl (C=O) groups excluding carboxylic acids is 1. The molecule has 1 saturated heterocycles. The van der Waals surface area contributed by atoms with Gasteiger partial charge in [-0.1, -0.05) is 35.5 Å². The molecular weight excluding hydrogens is 348 g/mol. The third kappa shape index (κ3) is 5.29. The maximum atomic E-state index is 12.5. The minimum absolute atomic E-state index is 0.259. The monoisotopic (exact) mass is 372 g/mol. The summed E-state index contributed by atoms with van der Waals surface area (Å²) < 4.78 is 4.99. The van der Waals surface area contributed by atoms with Crippen molar-refractivity contribution >= 4 is 12.0 Å². The SMILES string of the molecule is Cc1nc(CC2CCN(C(=O)N[C@@H](Cc3ccccc3)C(=O)O)CC2)no1. The molecule has 0 aliphatic carbocycles. The zero-order valence-corrected chi connectivity index (χ0v) is 15.3. The van der Waals surface area contributed by atoms with Crippen LogP contribution in [0.1, 0.15) is 30.1 Å². The summed E-state index contributed by atoms with van der Waals surface area (Å²) in [6.07, 6.45) is 2.66. The van der Waals surface area contributed by atoms with Gasteiger partial charge in [0.05, 0.1) is 0 Å². The largest absolute Gasteiger partial charge is 0.480 e. The number of benzene rings is 1. The van der Waals surface area contributed by atoms with Crippen LogP contribution < -0.4 is 5.32 Å². The third-order valence-electron chi connectivity index (χ3n) is 4.82. The molecule has 1 aromatic carbocycles. The zero-order chi connectivity index (χ0) is 19.2. The first-order valence-electron chi connectivity index (χ1n) is 9.12. The van der Waals surface area contributed by atoms with Gasteiger partial charge in [-0.25, -0.2) is 9.59 Å². The van der Waals surface area contributed by atoms with Gasteiger partial charge < -0.3 is 19.8 Å². The molecule has 0 saturated carbocycles. The first-order valence-corrected chi connectivity index (χ1v) is 9.12. The molecule has 2 amide bonds. The first-order chi connectivity index (χ1) is 13.0. The molecule has 0 unspecified atom stereocenters. The lowest BCUT2D eigenvalue weighted by Gasteiger charge is -2.32. The average molecular weight is 372 g/mol. The van der Waals surface area contributed by atoms with E-state index in [0.717, 1.165) is 24.8 Å². The molecular formula is C19H24N4O4. The molecule has 1 fully saturated rings.